The number of rotatable bonds is 3. The molecular formula is C20H33N3O2. The number of carbonyl (C=O) groups is 2. The zero-order chi connectivity index (χ0) is 17.6. The molecule has 25 heavy (non-hydrogen) atoms. The van der Waals surface area contributed by atoms with E-state index in [0.717, 1.165) is 62.9 Å². The molecule has 5 fully saturated rings. The van der Waals surface area contributed by atoms with E-state index >= 15 is 0 Å². The molecule has 3 amide bonds. The van der Waals surface area contributed by atoms with E-state index in [1.807, 2.05) is 18.7 Å². The summed E-state index contributed by atoms with van der Waals surface area (Å²) in [6, 6.07) is 0.436. The Balaban J connectivity index is 1.30. The molecule has 0 aromatic carbocycles. The summed E-state index contributed by atoms with van der Waals surface area (Å²) in [4.78, 5) is 27.1. The van der Waals surface area contributed by atoms with Crippen molar-refractivity contribution >= 4 is 11.9 Å². The highest BCUT2D eigenvalue weighted by molar-refractivity contribution is 5.83. The molecule has 0 aromatic heterocycles. The number of nitrogens with zero attached hydrogens (tertiary/aromatic N) is 1. The van der Waals surface area contributed by atoms with Gasteiger partial charge in [0.15, 0.2) is 0 Å². The van der Waals surface area contributed by atoms with E-state index < -0.39 is 0 Å². The van der Waals surface area contributed by atoms with E-state index in [4.69, 9.17) is 0 Å². The third-order valence-electron chi connectivity index (χ3n) is 7.05. The van der Waals surface area contributed by atoms with Crippen LogP contribution in [0.3, 0.4) is 0 Å². The van der Waals surface area contributed by atoms with Crippen LogP contribution < -0.4 is 10.6 Å². The minimum Gasteiger partial charge on any atom is -0.353 e. The molecule has 1 heterocycles. The van der Waals surface area contributed by atoms with Crippen LogP contribution >= 0.6 is 0 Å². The largest absolute Gasteiger partial charge is 0.353 e. The maximum absolute atomic E-state index is 13.1. The van der Waals surface area contributed by atoms with E-state index in [1.54, 1.807) is 0 Å². The second-order valence-corrected chi connectivity index (χ2v) is 9.54. The fraction of sp³-hybridized carbons (Fsp3) is 0.900. The molecule has 5 aliphatic rings. The quantitative estimate of drug-likeness (QED) is 0.825. The van der Waals surface area contributed by atoms with Gasteiger partial charge in [-0.1, -0.05) is 0 Å². The fourth-order valence-corrected chi connectivity index (χ4v) is 6.29. The topological polar surface area (TPSA) is 61.4 Å². The molecule has 0 aromatic rings. The normalized spacial score (nSPS) is 37.4. The first-order chi connectivity index (χ1) is 11.9. The summed E-state index contributed by atoms with van der Waals surface area (Å²) >= 11 is 0. The molecule has 2 N–H and O–H groups in total. The van der Waals surface area contributed by atoms with E-state index in [9.17, 15) is 9.59 Å². The van der Waals surface area contributed by atoms with Gasteiger partial charge in [0.05, 0.1) is 0 Å². The molecule has 5 heteroatoms. The molecule has 0 spiro atoms. The Hall–Kier alpha value is -1.26. The summed E-state index contributed by atoms with van der Waals surface area (Å²) < 4.78 is 0. The van der Waals surface area contributed by atoms with Crippen LogP contribution in [0.25, 0.3) is 0 Å². The summed E-state index contributed by atoms with van der Waals surface area (Å²) in [5, 5.41) is 6.34. The Bertz CT molecular complexity index is 502. The predicted molar refractivity (Wildman–Crippen MR) is 97.0 cm³/mol. The van der Waals surface area contributed by atoms with Gasteiger partial charge in [0.25, 0.3) is 0 Å². The third-order valence-corrected chi connectivity index (χ3v) is 7.05. The zero-order valence-corrected chi connectivity index (χ0v) is 15.7. The van der Waals surface area contributed by atoms with Crippen molar-refractivity contribution in [3.63, 3.8) is 0 Å². The smallest absolute Gasteiger partial charge is 0.317 e. The predicted octanol–water partition coefficient (Wildman–Crippen LogP) is 2.90. The summed E-state index contributed by atoms with van der Waals surface area (Å²) in [6.45, 7) is 5.45. The first kappa shape index (κ1) is 17.2. The molecule has 140 valence electrons. The van der Waals surface area contributed by atoms with Crippen molar-refractivity contribution in [2.75, 3.05) is 13.1 Å². The molecule has 1 saturated heterocycles. The highest BCUT2D eigenvalue weighted by Gasteiger charge is 2.54. The summed E-state index contributed by atoms with van der Waals surface area (Å²) in [5.41, 5.74) is -0.0547. The van der Waals surface area contributed by atoms with Crippen molar-refractivity contribution in [2.24, 2.45) is 23.2 Å². The van der Waals surface area contributed by atoms with Gasteiger partial charge >= 0.3 is 6.03 Å². The summed E-state index contributed by atoms with van der Waals surface area (Å²) in [7, 11) is 0. The van der Waals surface area contributed by atoms with Crippen LogP contribution in [-0.4, -0.2) is 42.0 Å². The van der Waals surface area contributed by atoms with Crippen LogP contribution in [0, 0.1) is 23.2 Å². The zero-order valence-electron chi connectivity index (χ0n) is 15.7. The Morgan fingerprint density at radius 1 is 0.960 bits per heavy atom. The van der Waals surface area contributed by atoms with E-state index in [-0.39, 0.29) is 23.5 Å². The van der Waals surface area contributed by atoms with Crippen LogP contribution in [-0.2, 0) is 4.79 Å². The van der Waals surface area contributed by atoms with Crippen LogP contribution in [0.5, 0.6) is 0 Å². The van der Waals surface area contributed by atoms with Gasteiger partial charge in [-0.2, -0.15) is 0 Å². The maximum atomic E-state index is 13.1. The standard InChI is InChI=1S/C20H33N3O2/c1-13(2)21-19(25)23-5-3-17(4-6-23)22-18(24)20-10-14-7-15(11-20)9-16(8-14)12-20/h13-17H,3-12H2,1-2H3,(H,21,25)(H,22,24). The minimum atomic E-state index is -0.0547. The van der Waals surface area contributed by atoms with Crippen LogP contribution in [0.2, 0.25) is 0 Å². The minimum absolute atomic E-state index is 0.0286. The molecule has 5 nitrogen and oxygen atoms in total. The highest BCUT2D eigenvalue weighted by atomic mass is 16.2. The van der Waals surface area contributed by atoms with E-state index in [1.165, 1.54) is 19.3 Å². The average molecular weight is 348 g/mol. The van der Waals surface area contributed by atoms with Crippen LogP contribution in [0.1, 0.15) is 65.2 Å². The van der Waals surface area contributed by atoms with Gasteiger partial charge in [-0.3, -0.25) is 4.79 Å². The lowest BCUT2D eigenvalue weighted by molar-refractivity contribution is -0.147. The van der Waals surface area contributed by atoms with Crippen LogP contribution in [0.15, 0.2) is 0 Å². The van der Waals surface area contributed by atoms with Crippen molar-refractivity contribution in [2.45, 2.75) is 77.3 Å². The van der Waals surface area contributed by atoms with Crippen molar-refractivity contribution < 1.29 is 9.59 Å². The second-order valence-electron chi connectivity index (χ2n) is 9.54. The van der Waals surface area contributed by atoms with Crippen molar-refractivity contribution in [1.29, 1.82) is 0 Å². The average Bonchev–Trinajstić information content (AvgIpc) is 2.53. The maximum Gasteiger partial charge on any atom is 0.317 e. The lowest BCUT2D eigenvalue weighted by atomic mass is 9.49. The number of amides is 3. The van der Waals surface area contributed by atoms with E-state index in [0.29, 0.717) is 5.91 Å². The van der Waals surface area contributed by atoms with Gasteiger partial charge < -0.3 is 15.5 Å². The first-order valence-electron chi connectivity index (χ1n) is 10.3. The number of piperidine rings is 1. The van der Waals surface area contributed by atoms with Gasteiger partial charge in [0.2, 0.25) is 5.91 Å². The number of urea groups is 1. The number of likely N-dealkylation sites (tertiary alicyclic amines) is 1. The SMILES string of the molecule is CC(C)NC(=O)N1CCC(NC(=O)C23CC4CC(CC(C4)C2)C3)CC1. The lowest BCUT2D eigenvalue weighted by Crippen LogP contribution is -2.57. The number of nitrogens with one attached hydrogen (secondary N) is 2. The molecular weight excluding hydrogens is 314 g/mol. The van der Waals surface area contributed by atoms with Gasteiger partial charge in [-0.05, 0) is 83.0 Å². The fourth-order valence-electron chi connectivity index (χ4n) is 6.29. The van der Waals surface area contributed by atoms with Crippen LogP contribution in [0.4, 0.5) is 4.79 Å². The van der Waals surface area contributed by atoms with Gasteiger partial charge in [-0.15, -0.1) is 0 Å². The lowest BCUT2D eigenvalue weighted by Gasteiger charge is -2.56. The Labute approximate surface area is 151 Å². The Kier molecular flexibility index (Phi) is 4.45. The molecule has 0 radical (unpaired) electrons. The molecule has 0 unspecified atom stereocenters. The number of hydrogen-bond acceptors (Lipinski definition) is 2. The molecule has 4 saturated carbocycles. The highest BCUT2D eigenvalue weighted by Crippen LogP contribution is 2.60. The summed E-state index contributed by atoms with van der Waals surface area (Å²) in [6.07, 6.45) is 9.25. The van der Waals surface area contributed by atoms with Crippen molar-refractivity contribution in [3.8, 4) is 0 Å². The Morgan fingerprint density at radius 3 is 1.96 bits per heavy atom. The third kappa shape index (κ3) is 3.39. The van der Waals surface area contributed by atoms with Gasteiger partial charge in [0, 0.05) is 30.6 Å². The second kappa shape index (κ2) is 6.48. The number of carbonyl (C=O) groups excluding carboxylic acids is 2. The molecule has 1 aliphatic heterocycles. The summed E-state index contributed by atoms with van der Waals surface area (Å²) in [5.74, 6) is 2.74. The molecule has 0 atom stereocenters. The molecule has 5 rings (SSSR count). The monoisotopic (exact) mass is 347 g/mol. The van der Waals surface area contributed by atoms with Crippen molar-refractivity contribution in [3.05, 3.63) is 0 Å². The van der Waals surface area contributed by atoms with Crippen molar-refractivity contribution in [1.82, 2.24) is 15.5 Å². The molecule has 4 bridgehead atoms. The molecule has 4 aliphatic carbocycles. The Morgan fingerprint density at radius 2 is 1.48 bits per heavy atom. The van der Waals surface area contributed by atoms with Gasteiger partial charge in [0.1, 0.15) is 0 Å². The van der Waals surface area contributed by atoms with E-state index in [2.05, 4.69) is 10.6 Å². The van der Waals surface area contributed by atoms with Gasteiger partial charge in [-0.25, -0.2) is 4.79 Å². The number of hydrogen-bond donors (Lipinski definition) is 2. The first-order valence-corrected chi connectivity index (χ1v) is 10.3.